The number of hydrogen-bond donors (Lipinski definition) is 1. The van der Waals surface area contributed by atoms with Crippen molar-refractivity contribution in [3.8, 4) is 16.9 Å². The van der Waals surface area contributed by atoms with Crippen LogP contribution in [0.5, 0.6) is 0 Å². The van der Waals surface area contributed by atoms with E-state index in [2.05, 4.69) is 10.1 Å². The van der Waals surface area contributed by atoms with Crippen LogP contribution in [0.25, 0.3) is 16.9 Å². The van der Waals surface area contributed by atoms with Crippen molar-refractivity contribution in [3.63, 3.8) is 0 Å². The first-order valence-corrected chi connectivity index (χ1v) is 6.76. The van der Waals surface area contributed by atoms with E-state index in [1.807, 2.05) is 0 Å². The normalized spacial score (nSPS) is 11.5. The third-order valence-electron chi connectivity index (χ3n) is 3.34. The second-order valence-corrected chi connectivity index (χ2v) is 4.96. The fraction of sp³-hybridized carbons (Fsp3) is 0.0625. The highest BCUT2D eigenvalue weighted by Crippen LogP contribution is 2.29. The number of carboxylic acid groups (broad SMARTS) is 1. The molecule has 5 nitrogen and oxygen atoms in total. The van der Waals surface area contributed by atoms with Gasteiger partial charge in [-0.05, 0) is 29.8 Å². The summed E-state index contributed by atoms with van der Waals surface area (Å²) in [5.74, 6) is -0.822. The van der Waals surface area contributed by atoms with E-state index in [1.165, 1.54) is 29.1 Å². The Labute approximate surface area is 134 Å². The second-order valence-electron chi connectivity index (χ2n) is 4.96. The van der Waals surface area contributed by atoms with Gasteiger partial charge in [0.05, 0.1) is 17.3 Å². The lowest BCUT2D eigenvalue weighted by molar-refractivity contribution is -0.137. The maximum atomic E-state index is 12.5. The van der Waals surface area contributed by atoms with Gasteiger partial charge in [0.2, 0.25) is 0 Å². The Hall–Kier alpha value is -3.16. The molecule has 0 spiro atoms. The number of carboxylic acids is 1. The van der Waals surface area contributed by atoms with E-state index in [1.54, 1.807) is 18.3 Å². The Morgan fingerprint density at radius 2 is 1.88 bits per heavy atom. The van der Waals surface area contributed by atoms with Gasteiger partial charge in [-0.15, -0.1) is 0 Å². The molecule has 1 aromatic carbocycles. The summed E-state index contributed by atoms with van der Waals surface area (Å²) < 4.78 is 38.9. The standard InChI is InChI=1S/C16H10F3N3O2/c17-16(18,19)13-4-5-14(20-8-13)22-9-12(7-21-22)10-2-1-3-11(6-10)15(23)24/h1-9H,(H,23,24). The molecule has 0 fully saturated rings. The Morgan fingerprint density at radius 1 is 1.08 bits per heavy atom. The minimum absolute atomic E-state index is 0.132. The highest BCUT2D eigenvalue weighted by atomic mass is 19.4. The molecule has 0 bridgehead atoms. The zero-order chi connectivity index (χ0) is 17.3. The fourth-order valence-corrected chi connectivity index (χ4v) is 2.12. The highest BCUT2D eigenvalue weighted by molar-refractivity contribution is 5.89. The minimum Gasteiger partial charge on any atom is -0.478 e. The zero-order valence-corrected chi connectivity index (χ0v) is 12.0. The number of carbonyl (C=O) groups is 1. The summed E-state index contributed by atoms with van der Waals surface area (Å²) in [7, 11) is 0. The summed E-state index contributed by atoms with van der Waals surface area (Å²) in [6.45, 7) is 0. The number of pyridine rings is 1. The van der Waals surface area contributed by atoms with Crippen LogP contribution in [0.1, 0.15) is 15.9 Å². The van der Waals surface area contributed by atoms with Crippen LogP contribution < -0.4 is 0 Å². The molecule has 0 saturated carbocycles. The third-order valence-corrected chi connectivity index (χ3v) is 3.34. The predicted octanol–water partition coefficient (Wildman–Crippen LogP) is 3.65. The third kappa shape index (κ3) is 3.12. The molecular formula is C16H10F3N3O2. The van der Waals surface area contributed by atoms with Crippen molar-refractivity contribution >= 4 is 5.97 Å². The van der Waals surface area contributed by atoms with Crippen LogP contribution in [0, 0.1) is 0 Å². The van der Waals surface area contributed by atoms with Crippen LogP contribution in [0.15, 0.2) is 55.0 Å². The van der Waals surface area contributed by atoms with E-state index in [-0.39, 0.29) is 11.4 Å². The lowest BCUT2D eigenvalue weighted by Crippen LogP contribution is -2.06. The first-order chi connectivity index (χ1) is 11.3. The molecule has 8 heteroatoms. The monoisotopic (exact) mass is 333 g/mol. The number of halogens is 3. The van der Waals surface area contributed by atoms with Crippen LogP contribution in [0.3, 0.4) is 0 Å². The zero-order valence-electron chi connectivity index (χ0n) is 12.0. The number of aromatic carboxylic acids is 1. The molecule has 3 aromatic rings. The van der Waals surface area contributed by atoms with Crippen LogP contribution in [-0.2, 0) is 6.18 Å². The summed E-state index contributed by atoms with van der Waals surface area (Å²) in [6.07, 6.45) is -0.656. The molecule has 3 rings (SSSR count). The molecule has 0 amide bonds. The summed E-state index contributed by atoms with van der Waals surface area (Å²) >= 11 is 0. The van der Waals surface area contributed by atoms with Crippen LogP contribution >= 0.6 is 0 Å². The molecule has 2 heterocycles. The van der Waals surface area contributed by atoms with Gasteiger partial charge in [0.25, 0.3) is 0 Å². The Kier molecular flexibility index (Phi) is 3.80. The smallest absolute Gasteiger partial charge is 0.417 e. The summed E-state index contributed by atoms with van der Waals surface area (Å²) in [5.41, 5.74) is 0.550. The summed E-state index contributed by atoms with van der Waals surface area (Å²) in [4.78, 5) is 14.8. The molecule has 0 aliphatic rings. The Morgan fingerprint density at radius 3 is 2.50 bits per heavy atom. The van der Waals surface area contributed by atoms with Gasteiger partial charge in [-0.1, -0.05) is 12.1 Å². The number of benzene rings is 1. The molecule has 0 unspecified atom stereocenters. The van der Waals surface area contributed by atoms with Gasteiger partial charge in [0, 0.05) is 18.0 Å². The molecular weight excluding hydrogens is 323 g/mol. The van der Waals surface area contributed by atoms with E-state index >= 15 is 0 Å². The van der Waals surface area contributed by atoms with E-state index < -0.39 is 17.7 Å². The largest absolute Gasteiger partial charge is 0.478 e. The number of alkyl halides is 3. The van der Waals surface area contributed by atoms with E-state index in [4.69, 9.17) is 5.11 Å². The van der Waals surface area contributed by atoms with Gasteiger partial charge in [0.15, 0.2) is 5.82 Å². The van der Waals surface area contributed by atoms with Crippen molar-refractivity contribution in [2.75, 3.05) is 0 Å². The Bertz CT molecular complexity index is 886. The van der Waals surface area contributed by atoms with E-state index in [9.17, 15) is 18.0 Å². The lowest BCUT2D eigenvalue weighted by Gasteiger charge is -2.06. The molecule has 122 valence electrons. The van der Waals surface area contributed by atoms with Gasteiger partial charge < -0.3 is 5.11 Å². The molecule has 24 heavy (non-hydrogen) atoms. The van der Waals surface area contributed by atoms with Crippen molar-refractivity contribution in [3.05, 3.63) is 66.1 Å². The van der Waals surface area contributed by atoms with Crippen molar-refractivity contribution in [1.29, 1.82) is 0 Å². The number of hydrogen-bond acceptors (Lipinski definition) is 3. The predicted molar refractivity (Wildman–Crippen MR) is 78.8 cm³/mol. The van der Waals surface area contributed by atoms with Crippen LogP contribution in [0.2, 0.25) is 0 Å². The van der Waals surface area contributed by atoms with Crippen molar-refractivity contribution in [1.82, 2.24) is 14.8 Å². The van der Waals surface area contributed by atoms with Crippen LogP contribution in [0.4, 0.5) is 13.2 Å². The molecule has 1 N–H and O–H groups in total. The number of aromatic nitrogens is 3. The average molecular weight is 333 g/mol. The van der Waals surface area contributed by atoms with Gasteiger partial charge in [-0.3, -0.25) is 0 Å². The maximum Gasteiger partial charge on any atom is 0.417 e. The number of rotatable bonds is 3. The van der Waals surface area contributed by atoms with Crippen LogP contribution in [-0.4, -0.2) is 25.8 Å². The fourth-order valence-electron chi connectivity index (χ4n) is 2.12. The molecule has 0 aliphatic carbocycles. The van der Waals surface area contributed by atoms with Gasteiger partial charge >= 0.3 is 12.1 Å². The quantitative estimate of drug-likeness (QED) is 0.794. The van der Waals surface area contributed by atoms with E-state index in [0.29, 0.717) is 11.1 Å². The first kappa shape index (κ1) is 15.7. The lowest BCUT2D eigenvalue weighted by atomic mass is 10.1. The molecule has 0 aliphatic heterocycles. The van der Waals surface area contributed by atoms with Gasteiger partial charge in [-0.25, -0.2) is 14.5 Å². The Balaban J connectivity index is 1.91. The summed E-state index contributed by atoms with van der Waals surface area (Å²) in [6, 6.07) is 8.42. The first-order valence-electron chi connectivity index (χ1n) is 6.76. The van der Waals surface area contributed by atoms with Gasteiger partial charge in [0.1, 0.15) is 0 Å². The average Bonchev–Trinajstić information content (AvgIpc) is 3.04. The van der Waals surface area contributed by atoms with E-state index in [0.717, 1.165) is 12.3 Å². The molecule has 0 atom stereocenters. The molecule has 2 aromatic heterocycles. The maximum absolute atomic E-state index is 12.5. The summed E-state index contributed by atoms with van der Waals surface area (Å²) in [5, 5.41) is 13.1. The topological polar surface area (TPSA) is 68.0 Å². The molecule has 0 saturated heterocycles. The van der Waals surface area contributed by atoms with Crippen molar-refractivity contribution < 1.29 is 23.1 Å². The van der Waals surface area contributed by atoms with Crippen molar-refractivity contribution in [2.45, 2.75) is 6.18 Å². The minimum atomic E-state index is -4.45. The van der Waals surface area contributed by atoms with Gasteiger partial charge in [-0.2, -0.15) is 18.3 Å². The highest BCUT2D eigenvalue weighted by Gasteiger charge is 2.30. The molecule has 0 radical (unpaired) electrons. The SMILES string of the molecule is O=C(O)c1cccc(-c2cnn(-c3ccc(C(F)(F)F)cn3)c2)c1. The van der Waals surface area contributed by atoms with Crippen molar-refractivity contribution in [2.24, 2.45) is 0 Å². The number of nitrogens with zero attached hydrogens (tertiary/aromatic N) is 3. The second kappa shape index (κ2) is 5.80.